The molecular formula is C22H30IN7. The molecule has 8 heteroatoms. The molecule has 1 aliphatic heterocycles. The molecule has 1 N–H and O–H groups in total. The van der Waals surface area contributed by atoms with Gasteiger partial charge in [0, 0.05) is 57.7 Å². The van der Waals surface area contributed by atoms with Gasteiger partial charge in [-0.15, -0.1) is 24.0 Å². The summed E-state index contributed by atoms with van der Waals surface area (Å²) in [5.74, 6) is 1.52. The normalized spacial score (nSPS) is 16.5. The second-order valence-electron chi connectivity index (χ2n) is 7.60. The summed E-state index contributed by atoms with van der Waals surface area (Å²) in [6.45, 7) is 6.53. The number of aliphatic imine (C=N–C) groups is 1. The number of hydrogen-bond acceptors (Lipinski definition) is 3. The maximum absolute atomic E-state index is 4.90. The van der Waals surface area contributed by atoms with Crippen molar-refractivity contribution in [3.8, 4) is 0 Å². The van der Waals surface area contributed by atoms with Gasteiger partial charge in [-0.05, 0) is 30.0 Å². The first-order valence-electron chi connectivity index (χ1n) is 10.3. The Bertz CT molecular complexity index is 931. The smallest absolute Gasteiger partial charge is 0.194 e. The van der Waals surface area contributed by atoms with Gasteiger partial charge in [0.15, 0.2) is 5.96 Å². The number of aryl methyl sites for hydroxylation is 1. The lowest BCUT2D eigenvalue weighted by Crippen LogP contribution is -2.40. The van der Waals surface area contributed by atoms with Crippen molar-refractivity contribution < 1.29 is 0 Å². The molecule has 1 saturated heterocycles. The Balaban J connectivity index is 0.00000256. The highest BCUT2D eigenvalue weighted by molar-refractivity contribution is 14.0. The van der Waals surface area contributed by atoms with Crippen molar-refractivity contribution in [3.05, 3.63) is 72.1 Å². The molecule has 160 valence electrons. The van der Waals surface area contributed by atoms with E-state index in [0.717, 1.165) is 38.6 Å². The Labute approximate surface area is 195 Å². The second kappa shape index (κ2) is 10.6. The lowest BCUT2D eigenvalue weighted by molar-refractivity contribution is 0.486. The van der Waals surface area contributed by atoms with Gasteiger partial charge in [-0.25, -0.2) is 9.98 Å². The SMILES string of the molecule is CCNC(=NCc1ccc(Cn2ccnc2)cc1)N1CCC(c2cnn(C)c2)C1.I. The number of hydrogen-bond donors (Lipinski definition) is 1. The van der Waals surface area contributed by atoms with Crippen LogP contribution >= 0.6 is 24.0 Å². The fraction of sp³-hybridized carbons (Fsp3) is 0.409. The van der Waals surface area contributed by atoms with E-state index in [9.17, 15) is 0 Å². The number of guanidine groups is 1. The van der Waals surface area contributed by atoms with Crippen LogP contribution in [0.1, 0.15) is 36.0 Å². The summed E-state index contributed by atoms with van der Waals surface area (Å²) in [6, 6.07) is 8.68. The molecule has 0 aliphatic carbocycles. The number of imidazole rings is 1. The summed E-state index contributed by atoms with van der Waals surface area (Å²) in [7, 11) is 1.97. The standard InChI is InChI=1S/C22H29N7.HI/c1-3-24-22(29-10-8-20(16-29)21-13-26-27(2)15-21)25-12-18-4-6-19(7-5-18)14-28-11-9-23-17-28;/h4-7,9,11,13,15,17,20H,3,8,10,12,14,16H2,1-2H3,(H,24,25);1H. The number of rotatable bonds is 6. The van der Waals surface area contributed by atoms with E-state index in [2.05, 4.69) is 62.3 Å². The molecule has 3 heterocycles. The quantitative estimate of drug-likeness (QED) is 0.309. The van der Waals surface area contributed by atoms with Crippen LogP contribution in [0.2, 0.25) is 0 Å². The van der Waals surface area contributed by atoms with Crippen molar-refractivity contribution >= 4 is 29.9 Å². The van der Waals surface area contributed by atoms with Crippen LogP contribution in [-0.2, 0) is 20.1 Å². The Morgan fingerprint density at radius 2 is 2.03 bits per heavy atom. The zero-order chi connectivity index (χ0) is 20.1. The monoisotopic (exact) mass is 519 g/mol. The van der Waals surface area contributed by atoms with Gasteiger partial charge in [-0.3, -0.25) is 4.68 Å². The van der Waals surface area contributed by atoms with Crippen LogP contribution in [0, 0.1) is 0 Å². The summed E-state index contributed by atoms with van der Waals surface area (Å²) in [5, 5.41) is 7.78. The third-order valence-corrected chi connectivity index (χ3v) is 5.38. The molecular weight excluding hydrogens is 489 g/mol. The predicted molar refractivity (Wildman–Crippen MR) is 130 cm³/mol. The van der Waals surface area contributed by atoms with E-state index in [4.69, 9.17) is 4.99 Å². The van der Waals surface area contributed by atoms with Gasteiger partial charge in [-0.1, -0.05) is 24.3 Å². The average molecular weight is 519 g/mol. The van der Waals surface area contributed by atoms with E-state index in [0.29, 0.717) is 12.5 Å². The number of nitrogens with one attached hydrogen (secondary N) is 1. The minimum Gasteiger partial charge on any atom is -0.357 e. The van der Waals surface area contributed by atoms with Crippen molar-refractivity contribution in [3.63, 3.8) is 0 Å². The highest BCUT2D eigenvalue weighted by atomic mass is 127. The maximum atomic E-state index is 4.90. The zero-order valence-corrected chi connectivity index (χ0v) is 19.9. The third-order valence-electron chi connectivity index (χ3n) is 5.38. The highest BCUT2D eigenvalue weighted by Crippen LogP contribution is 2.26. The van der Waals surface area contributed by atoms with E-state index >= 15 is 0 Å². The number of likely N-dealkylation sites (tertiary alicyclic amines) is 1. The number of benzene rings is 1. The van der Waals surface area contributed by atoms with Crippen LogP contribution in [0.25, 0.3) is 0 Å². The summed E-state index contributed by atoms with van der Waals surface area (Å²) in [6.07, 6.45) is 10.9. The predicted octanol–water partition coefficient (Wildman–Crippen LogP) is 3.24. The van der Waals surface area contributed by atoms with E-state index in [-0.39, 0.29) is 24.0 Å². The van der Waals surface area contributed by atoms with Gasteiger partial charge in [0.2, 0.25) is 0 Å². The number of halogens is 1. The fourth-order valence-corrected chi connectivity index (χ4v) is 3.81. The van der Waals surface area contributed by atoms with Crippen molar-refractivity contribution in [1.82, 2.24) is 29.5 Å². The molecule has 0 spiro atoms. The van der Waals surface area contributed by atoms with Gasteiger partial charge in [0.25, 0.3) is 0 Å². The van der Waals surface area contributed by atoms with Crippen molar-refractivity contribution in [2.45, 2.75) is 32.4 Å². The molecule has 3 aromatic rings. The first-order chi connectivity index (χ1) is 14.2. The largest absolute Gasteiger partial charge is 0.357 e. The molecule has 0 bridgehead atoms. The first-order valence-corrected chi connectivity index (χ1v) is 10.3. The first kappa shape index (κ1) is 22.3. The van der Waals surface area contributed by atoms with Crippen LogP contribution in [-0.4, -0.2) is 49.8 Å². The lowest BCUT2D eigenvalue weighted by Gasteiger charge is -2.21. The minimum absolute atomic E-state index is 0. The molecule has 2 aromatic heterocycles. The van der Waals surface area contributed by atoms with E-state index in [1.807, 2.05) is 36.6 Å². The van der Waals surface area contributed by atoms with E-state index in [1.54, 1.807) is 0 Å². The second-order valence-corrected chi connectivity index (χ2v) is 7.60. The fourth-order valence-electron chi connectivity index (χ4n) is 3.81. The summed E-state index contributed by atoms with van der Waals surface area (Å²) in [5.41, 5.74) is 3.80. The topological polar surface area (TPSA) is 63.3 Å². The van der Waals surface area contributed by atoms with Crippen LogP contribution in [0.4, 0.5) is 0 Å². The zero-order valence-electron chi connectivity index (χ0n) is 17.6. The summed E-state index contributed by atoms with van der Waals surface area (Å²) < 4.78 is 3.95. The molecule has 1 aromatic carbocycles. The molecule has 1 fully saturated rings. The Morgan fingerprint density at radius 1 is 1.23 bits per heavy atom. The van der Waals surface area contributed by atoms with Gasteiger partial charge < -0.3 is 14.8 Å². The van der Waals surface area contributed by atoms with Crippen LogP contribution < -0.4 is 5.32 Å². The van der Waals surface area contributed by atoms with E-state index in [1.165, 1.54) is 16.7 Å². The lowest BCUT2D eigenvalue weighted by atomic mass is 10.0. The van der Waals surface area contributed by atoms with Gasteiger partial charge in [0.1, 0.15) is 0 Å². The highest BCUT2D eigenvalue weighted by Gasteiger charge is 2.26. The molecule has 7 nitrogen and oxygen atoms in total. The Kier molecular flexibility index (Phi) is 7.89. The van der Waals surface area contributed by atoms with Gasteiger partial charge in [0.05, 0.1) is 19.1 Å². The molecule has 4 rings (SSSR count). The molecule has 1 unspecified atom stereocenters. The molecule has 1 atom stereocenters. The van der Waals surface area contributed by atoms with Crippen LogP contribution in [0.15, 0.2) is 60.4 Å². The third kappa shape index (κ3) is 5.62. The van der Waals surface area contributed by atoms with Crippen LogP contribution in [0.3, 0.4) is 0 Å². The molecule has 0 radical (unpaired) electrons. The van der Waals surface area contributed by atoms with Gasteiger partial charge >= 0.3 is 0 Å². The van der Waals surface area contributed by atoms with Crippen LogP contribution in [0.5, 0.6) is 0 Å². The number of aromatic nitrogens is 4. The average Bonchev–Trinajstić information content (AvgIpc) is 3.48. The molecule has 1 aliphatic rings. The number of nitrogens with zero attached hydrogens (tertiary/aromatic N) is 6. The Hall–Kier alpha value is -2.36. The summed E-state index contributed by atoms with van der Waals surface area (Å²) in [4.78, 5) is 11.4. The maximum Gasteiger partial charge on any atom is 0.194 e. The van der Waals surface area contributed by atoms with Crippen molar-refractivity contribution in [1.29, 1.82) is 0 Å². The van der Waals surface area contributed by atoms with Crippen molar-refractivity contribution in [2.75, 3.05) is 19.6 Å². The van der Waals surface area contributed by atoms with Crippen molar-refractivity contribution in [2.24, 2.45) is 12.0 Å². The van der Waals surface area contributed by atoms with E-state index < -0.39 is 0 Å². The minimum atomic E-state index is 0. The molecule has 30 heavy (non-hydrogen) atoms. The molecule has 0 amide bonds. The molecule has 0 saturated carbocycles. The van der Waals surface area contributed by atoms with Gasteiger partial charge in [-0.2, -0.15) is 5.10 Å². The Morgan fingerprint density at radius 3 is 2.70 bits per heavy atom. The summed E-state index contributed by atoms with van der Waals surface area (Å²) >= 11 is 0.